The van der Waals surface area contributed by atoms with E-state index in [-0.39, 0.29) is 38.4 Å². The van der Waals surface area contributed by atoms with E-state index in [0.717, 1.165) is 0 Å². The maximum Gasteiger partial charge on any atom is 0.340 e. The van der Waals surface area contributed by atoms with Gasteiger partial charge in [0.1, 0.15) is 11.3 Å². The van der Waals surface area contributed by atoms with Gasteiger partial charge in [0.05, 0.1) is 51.6 Å². The molecule has 1 aliphatic rings. The zero-order valence-electron chi connectivity index (χ0n) is 15.2. The number of aromatic nitrogens is 2. The number of carbonyl (C=O) groups excluding carboxylic acids is 2. The second-order valence-corrected chi connectivity index (χ2v) is 9.42. The summed E-state index contributed by atoms with van der Waals surface area (Å²) in [5.74, 6) is -0.790. The number of aryl methyl sites for hydroxylation is 1. The Morgan fingerprint density at radius 2 is 1.89 bits per heavy atom. The lowest BCUT2D eigenvalue weighted by Crippen LogP contribution is -2.25. The molecule has 150 valence electrons. The molecule has 11 heteroatoms. The molecule has 1 saturated heterocycles. The normalized spacial score (nSPS) is 15.8. The minimum atomic E-state index is -2.66. The number of esters is 1. The number of ketones is 1. The second kappa shape index (κ2) is 8.02. The van der Waals surface area contributed by atoms with Crippen LogP contribution in [0.3, 0.4) is 0 Å². The lowest BCUT2D eigenvalue weighted by Gasteiger charge is -2.17. The third kappa shape index (κ3) is 3.82. The highest BCUT2D eigenvalue weighted by Gasteiger charge is 2.25. The topological polar surface area (TPSA) is 120 Å². The first-order valence-corrected chi connectivity index (χ1v) is 10.9. The predicted molar refractivity (Wildman–Crippen MR) is 106 cm³/mol. The summed E-state index contributed by atoms with van der Waals surface area (Å²) in [5, 5.41) is 2.64. The standard InChI is InChI=1S/C17H18BrN3O6S/c1-21-16(23)12(9-19-21)15(22)10-3-4-11(17(24)26-2)14(13(10)18)20-28(25)7-5-27-6-8-28/h3-4,9,19H,5-8H2,1-2H3. The maximum atomic E-state index is 13.0. The third-order valence-electron chi connectivity index (χ3n) is 4.30. The SMILES string of the molecule is COC(=O)c1ccc(C(=O)c2c[nH]n(C)c2=O)c(Br)c1N=S1(=O)CCOCC1. The molecule has 9 nitrogen and oxygen atoms in total. The molecule has 3 rings (SSSR count). The van der Waals surface area contributed by atoms with Crippen LogP contribution in [-0.2, 0) is 26.3 Å². The number of hydrogen-bond acceptors (Lipinski definition) is 7. The van der Waals surface area contributed by atoms with Gasteiger partial charge in [-0.3, -0.25) is 14.3 Å². The second-order valence-electron chi connectivity index (χ2n) is 6.08. The largest absolute Gasteiger partial charge is 0.465 e. The first-order valence-electron chi connectivity index (χ1n) is 8.27. The van der Waals surface area contributed by atoms with Crippen LogP contribution in [0.15, 0.2) is 32.0 Å². The van der Waals surface area contributed by atoms with E-state index in [9.17, 15) is 18.6 Å². The van der Waals surface area contributed by atoms with Gasteiger partial charge in [-0.2, -0.15) is 4.36 Å². The van der Waals surface area contributed by atoms with Gasteiger partial charge in [0.15, 0.2) is 0 Å². The average Bonchev–Trinajstić information content (AvgIpc) is 3.01. The number of nitrogens with zero attached hydrogens (tertiary/aromatic N) is 2. The Bertz CT molecular complexity index is 1110. The molecule has 2 aromatic rings. The van der Waals surface area contributed by atoms with Crippen LogP contribution < -0.4 is 5.56 Å². The van der Waals surface area contributed by atoms with Crippen molar-refractivity contribution in [1.29, 1.82) is 0 Å². The Balaban J connectivity index is 2.20. The lowest BCUT2D eigenvalue weighted by molar-refractivity contribution is 0.0601. The lowest BCUT2D eigenvalue weighted by atomic mass is 10.0. The van der Waals surface area contributed by atoms with Crippen molar-refractivity contribution in [1.82, 2.24) is 9.78 Å². The summed E-state index contributed by atoms with van der Waals surface area (Å²) in [6, 6.07) is 2.78. The van der Waals surface area contributed by atoms with Gasteiger partial charge in [0, 0.05) is 18.8 Å². The average molecular weight is 472 g/mol. The number of carbonyl (C=O) groups is 2. The quantitative estimate of drug-likeness (QED) is 0.534. The predicted octanol–water partition coefficient (Wildman–Crippen LogP) is 1.62. The van der Waals surface area contributed by atoms with E-state index in [2.05, 4.69) is 25.4 Å². The smallest absolute Gasteiger partial charge is 0.340 e. The number of ether oxygens (including phenoxy) is 2. The van der Waals surface area contributed by atoms with Gasteiger partial charge >= 0.3 is 5.97 Å². The molecular weight excluding hydrogens is 454 g/mol. The fourth-order valence-electron chi connectivity index (χ4n) is 2.71. The summed E-state index contributed by atoms with van der Waals surface area (Å²) in [7, 11) is 0.0479. The highest BCUT2D eigenvalue weighted by atomic mass is 79.9. The zero-order chi connectivity index (χ0) is 20.5. The van der Waals surface area contributed by atoms with Gasteiger partial charge in [-0.05, 0) is 28.1 Å². The molecule has 0 saturated carbocycles. The Hall–Kier alpha value is -2.24. The first-order chi connectivity index (χ1) is 13.3. The van der Waals surface area contributed by atoms with Crippen LogP contribution in [0.1, 0.15) is 26.3 Å². The van der Waals surface area contributed by atoms with Crippen LogP contribution in [0.25, 0.3) is 0 Å². The number of halogens is 1. The summed E-state index contributed by atoms with van der Waals surface area (Å²) in [4.78, 5) is 37.1. The maximum absolute atomic E-state index is 13.0. The van der Waals surface area contributed by atoms with E-state index in [1.54, 1.807) is 0 Å². The molecule has 0 radical (unpaired) electrons. The van der Waals surface area contributed by atoms with E-state index in [0.29, 0.717) is 13.2 Å². The number of rotatable bonds is 4. The molecule has 1 aliphatic heterocycles. The highest BCUT2D eigenvalue weighted by molar-refractivity contribution is 9.10. The van der Waals surface area contributed by atoms with Crippen LogP contribution in [0.5, 0.6) is 0 Å². The van der Waals surface area contributed by atoms with Crippen molar-refractivity contribution >= 4 is 43.1 Å². The summed E-state index contributed by atoms with van der Waals surface area (Å²) >= 11 is 3.31. The van der Waals surface area contributed by atoms with Gasteiger partial charge in [-0.15, -0.1) is 0 Å². The van der Waals surface area contributed by atoms with E-state index in [1.807, 2.05) is 0 Å². The molecule has 1 N–H and O–H groups in total. The van der Waals surface area contributed by atoms with E-state index in [4.69, 9.17) is 9.47 Å². The summed E-state index contributed by atoms with van der Waals surface area (Å²) in [6.07, 6.45) is 1.31. The van der Waals surface area contributed by atoms with Crippen LogP contribution >= 0.6 is 15.9 Å². The monoisotopic (exact) mass is 471 g/mol. The number of methoxy groups -OCH3 is 1. The molecule has 1 aromatic heterocycles. The Labute approximate surface area is 169 Å². The van der Waals surface area contributed by atoms with Crippen molar-refractivity contribution in [2.24, 2.45) is 11.4 Å². The Morgan fingerprint density at radius 3 is 2.46 bits per heavy atom. The summed E-state index contributed by atoms with van der Waals surface area (Å²) in [6.45, 7) is 0.594. The Kier molecular flexibility index (Phi) is 5.87. The van der Waals surface area contributed by atoms with Gasteiger partial charge in [-0.25, -0.2) is 9.00 Å². The number of H-pyrrole nitrogens is 1. The Morgan fingerprint density at radius 1 is 1.25 bits per heavy atom. The molecule has 1 fully saturated rings. The molecule has 0 amide bonds. The van der Waals surface area contributed by atoms with Crippen LogP contribution in [-0.4, -0.2) is 57.6 Å². The summed E-state index contributed by atoms with van der Waals surface area (Å²) < 4.78 is 28.7. The fourth-order valence-corrected chi connectivity index (χ4v) is 5.11. The van der Waals surface area contributed by atoms with Gasteiger partial charge in [0.25, 0.3) is 5.56 Å². The zero-order valence-corrected chi connectivity index (χ0v) is 17.6. The molecule has 28 heavy (non-hydrogen) atoms. The minimum absolute atomic E-state index is 0.0600. The number of aromatic amines is 1. The van der Waals surface area contributed by atoms with Crippen molar-refractivity contribution in [2.45, 2.75) is 0 Å². The molecular formula is C17H18BrN3O6S. The number of benzene rings is 1. The fraction of sp³-hybridized carbons (Fsp3) is 0.353. The molecule has 0 aliphatic carbocycles. The molecule has 2 heterocycles. The van der Waals surface area contributed by atoms with Crippen molar-refractivity contribution < 1.29 is 23.3 Å². The van der Waals surface area contributed by atoms with Gasteiger partial charge in [0.2, 0.25) is 5.78 Å². The van der Waals surface area contributed by atoms with Gasteiger partial charge in [-0.1, -0.05) is 0 Å². The number of nitrogens with one attached hydrogen (secondary N) is 1. The molecule has 1 aromatic carbocycles. The third-order valence-corrected chi connectivity index (χ3v) is 7.23. The van der Waals surface area contributed by atoms with Crippen LogP contribution in [0.2, 0.25) is 0 Å². The van der Waals surface area contributed by atoms with E-state index >= 15 is 0 Å². The number of hydrogen-bond donors (Lipinski definition) is 1. The van der Waals surface area contributed by atoms with Crippen LogP contribution in [0, 0.1) is 0 Å². The van der Waals surface area contributed by atoms with Crippen molar-refractivity contribution in [2.75, 3.05) is 31.8 Å². The molecule has 0 bridgehead atoms. The van der Waals surface area contributed by atoms with Gasteiger partial charge < -0.3 is 14.6 Å². The molecule has 0 spiro atoms. The van der Waals surface area contributed by atoms with Crippen LogP contribution in [0.4, 0.5) is 5.69 Å². The molecule has 0 unspecified atom stereocenters. The minimum Gasteiger partial charge on any atom is -0.465 e. The highest BCUT2D eigenvalue weighted by Crippen LogP contribution is 2.35. The first kappa shape index (κ1) is 20.5. The van der Waals surface area contributed by atoms with Crippen molar-refractivity contribution in [3.8, 4) is 0 Å². The van der Waals surface area contributed by atoms with E-state index < -0.39 is 27.0 Å². The van der Waals surface area contributed by atoms with E-state index in [1.165, 1.54) is 37.2 Å². The van der Waals surface area contributed by atoms with Crippen molar-refractivity contribution in [3.05, 3.63) is 49.8 Å². The summed E-state index contributed by atoms with van der Waals surface area (Å²) in [5.41, 5.74) is -0.282. The van der Waals surface area contributed by atoms with Crippen molar-refractivity contribution in [3.63, 3.8) is 0 Å². The molecule has 0 atom stereocenters.